The van der Waals surface area contributed by atoms with E-state index in [0.717, 1.165) is 25.7 Å². The van der Waals surface area contributed by atoms with Gasteiger partial charge in [0, 0.05) is 25.2 Å². The molecular weight excluding hydrogens is 280 g/mol. The van der Waals surface area contributed by atoms with E-state index >= 15 is 0 Å². The summed E-state index contributed by atoms with van der Waals surface area (Å²) in [6.07, 6.45) is 3.25. The minimum atomic E-state index is -3.51. The van der Waals surface area contributed by atoms with Crippen molar-refractivity contribution in [1.82, 2.24) is 8.61 Å². The molecule has 0 bridgehead atoms. The number of ether oxygens (including phenoxy) is 1. The Hall–Kier alpha value is -0.210. The number of hydrogen-bond donors (Lipinski definition) is 1. The van der Waals surface area contributed by atoms with Gasteiger partial charge in [-0.05, 0) is 26.2 Å². The number of rotatable bonds is 4. The van der Waals surface area contributed by atoms with Gasteiger partial charge in [-0.15, -0.1) is 0 Å². The zero-order valence-corrected chi connectivity index (χ0v) is 13.2. The van der Waals surface area contributed by atoms with Crippen LogP contribution in [0.3, 0.4) is 0 Å². The minimum Gasteiger partial charge on any atom is -0.395 e. The predicted molar refractivity (Wildman–Crippen MR) is 76.5 cm³/mol. The van der Waals surface area contributed by atoms with Gasteiger partial charge in [-0.1, -0.05) is 13.3 Å². The molecule has 3 unspecified atom stereocenters. The summed E-state index contributed by atoms with van der Waals surface area (Å²) < 4.78 is 34.5. The third-order valence-electron chi connectivity index (χ3n) is 4.27. The molecular formula is C13H26N2O4S. The van der Waals surface area contributed by atoms with Gasteiger partial charge in [-0.2, -0.15) is 17.0 Å². The number of aliphatic hydroxyl groups is 1. The van der Waals surface area contributed by atoms with Crippen molar-refractivity contribution in [3.8, 4) is 0 Å². The molecule has 118 valence electrons. The topological polar surface area (TPSA) is 70.1 Å². The highest BCUT2D eigenvalue weighted by molar-refractivity contribution is 7.86. The molecule has 0 aromatic heterocycles. The van der Waals surface area contributed by atoms with E-state index in [1.807, 2.05) is 13.8 Å². The number of aliphatic hydroxyl groups excluding tert-OH is 1. The van der Waals surface area contributed by atoms with Gasteiger partial charge in [-0.3, -0.25) is 0 Å². The Morgan fingerprint density at radius 1 is 1.25 bits per heavy atom. The quantitative estimate of drug-likeness (QED) is 0.825. The standard InChI is InChI=1S/C13H26N2O4S/c1-3-12-10-19-11(2)8-15(12)20(17,18)14-7-5-4-6-13(14)9-16/h11-13,16H,3-10H2,1-2H3. The fourth-order valence-corrected chi connectivity index (χ4v) is 5.18. The van der Waals surface area contributed by atoms with Gasteiger partial charge in [0.05, 0.1) is 19.3 Å². The van der Waals surface area contributed by atoms with Crippen molar-refractivity contribution in [2.45, 2.75) is 57.7 Å². The van der Waals surface area contributed by atoms with Gasteiger partial charge in [-0.25, -0.2) is 0 Å². The normalized spacial score (nSPS) is 34.2. The van der Waals surface area contributed by atoms with Crippen LogP contribution in [0.15, 0.2) is 0 Å². The first-order valence-corrected chi connectivity index (χ1v) is 8.91. The molecule has 3 atom stereocenters. The average molecular weight is 306 g/mol. The SMILES string of the molecule is CCC1COC(C)CN1S(=O)(=O)N1CCCCC1CO. The molecule has 2 aliphatic heterocycles. The molecule has 0 aliphatic carbocycles. The monoisotopic (exact) mass is 306 g/mol. The maximum absolute atomic E-state index is 12.9. The second-order valence-corrected chi connectivity index (χ2v) is 7.56. The van der Waals surface area contributed by atoms with Crippen LogP contribution in [0.25, 0.3) is 0 Å². The summed E-state index contributed by atoms with van der Waals surface area (Å²) in [6, 6.07) is -0.373. The molecule has 0 radical (unpaired) electrons. The third-order valence-corrected chi connectivity index (χ3v) is 6.38. The lowest BCUT2D eigenvalue weighted by Gasteiger charge is -2.42. The number of piperidine rings is 1. The number of morpholine rings is 1. The number of nitrogens with zero attached hydrogens (tertiary/aromatic N) is 2. The number of hydrogen-bond acceptors (Lipinski definition) is 4. The summed E-state index contributed by atoms with van der Waals surface area (Å²) in [5.74, 6) is 0. The van der Waals surface area contributed by atoms with E-state index < -0.39 is 10.2 Å². The van der Waals surface area contributed by atoms with E-state index in [2.05, 4.69) is 0 Å². The van der Waals surface area contributed by atoms with Crippen LogP contribution in [0.2, 0.25) is 0 Å². The summed E-state index contributed by atoms with van der Waals surface area (Å²) in [4.78, 5) is 0. The zero-order chi connectivity index (χ0) is 14.8. The second-order valence-electron chi connectivity index (χ2n) is 5.73. The highest BCUT2D eigenvalue weighted by Crippen LogP contribution is 2.26. The highest BCUT2D eigenvalue weighted by atomic mass is 32.2. The maximum atomic E-state index is 12.9. The van der Waals surface area contributed by atoms with Crippen molar-refractivity contribution < 1.29 is 18.3 Å². The summed E-state index contributed by atoms with van der Waals surface area (Å²) in [7, 11) is -3.51. The van der Waals surface area contributed by atoms with Crippen LogP contribution in [0.5, 0.6) is 0 Å². The van der Waals surface area contributed by atoms with Crippen molar-refractivity contribution in [1.29, 1.82) is 0 Å². The van der Waals surface area contributed by atoms with Gasteiger partial charge in [0.1, 0.15) is 0 Å². The molecule has 0 amide bonds. The minimum absolute atomic E-state index is 0.0788. The summed E-state index contributed by atoms with van der Waals surface area (Å²) in [5, 5.41) is 9.45. The molecule has 2 rings (SSSR count). The lowest BCUT2D eigenvalue weighted by Crippen LogP contribution is -2.58. The Kier molecular flexibility index (Phi) is 5.42. The van der Waals surface area contributed by atoms with E-state index in [9.17, 15) is 13.5 Å². The van der Waals surface area contributed by atoms with E-state index in [-0.39, 0.29) is 24.8 Å². The van der Waals surface area contributed by atoms with Gasteiger partial charge >= 0.3 is 0 Å². The van der Waals surface area contributed by atoms with Crippen molar-refractivity contribution >= 4 is 10.2 Å². The molecule has 0 aromatic carbocycles. The van der Waals surface area contributed by atoms with E-state index in [4.69, 9.17) is 4.74 Å². The van der Waals surface area contributed by atoms with Crippen molar-refractivity contribution in [2.24, 2.45) is 0 Å². The van der Waals surface area contributed by atoms with Gasteiger partial charge in [0.15, 0.2) is 0 Å². The Bertz CT molecular complexity index is 415. The first-order valence-electron chi connectivity index (χ1n) is 7.51. The fourth-order valence-electron chi connectivity index (χ4n) is 3.01. The lowest BCUT2D eigenvalue weighted by molar-refractivity contribution is -0.0263. The van der Waals surface area contributed by atoms with Crippen LogP contribution in [0.1, 0.15) is 39.5 Å². The molecule has 0 aromatic rings. The van der Waals surface area contributed by atoms with Crippen LogP contribution < -0.4 is 0 Å². The van der Waals surface area contributed by atoms with Crippen molar-refractivity contribution in [2.75, 3.05) is 26.3 Å². The smallest absolute Gasteiger partial charge is 0.282 e. The first-order chi connectivity index (χ1) is 9.50. The molecule has 0 spiro atoms. The molecule has 2 aliphatic rings. The van der Waals surface area contributed by atoms with Crippen LogP contribution in [-0.4, -0.2) is 66.6 Å². The van der Waals surface area contributed by atoms with E-state index in [1.165, 1.54) is 4.31 Å². The largest absolute Gasteiger partial charge is 0.395 e. The Labute approximate surface area is 121 Å². The summed E-state index contributed by atoms with van der Waals surface area (Å²) >= 11 is 0. The fraction of sp³-hybridized carbons (Fsp3) is 1.00. The lowest BCUT2D eigenvalue weighted by atomic mass is 10.1. The average Bonchev–Trinajstić information content (AvgIpc) is 2.47. The highest BCUT2D eigenvalue weighted by Gasteiger charge is 2.41. The van der Waals surface area contributed by atoms with E-state index in [0.29, 0.717) is 19.7 Å². The van der Waals surface area contributed by atoms with E-state index in [1.54, 1.807) is 4.31 Å². The molecule has 0 saturated carbocycles. The van der Waals surface area contributed by atoms with Gasteiger partial charge in [0.2, 0.25) is 0 Å². The molecule has 2 saturated heterocycles. The van der Waals surface area contributed by atoms with Crippen LogP contribution in [-0.2, 0) is 14.9 Å². The summed E-state index contributed by atoms with van der Waals surface area (Å²) in [5.41, 5.74) is 0. The van der Waals surface area contributed by atoms with Gasteiger partial charge < -0.3 is 9.84 Å². The Morgan fingerprint density at radius 3 is 2.65 bits per heavy atom. The molecule has 2 heterocycles. The Morgan fingerprint density at radius 2 is 2.00 bits per heavy atom. The van der Waals surface area contributed by atoms with Crippen LogP contribution in [0.4, 0.5) is 0 Å². The second kappa shape index (κ2) is 6.70. The molecule has 20 heavy (non-hydrogen) atoms. The molecule has 2 fully saturated rings. The van der Waals surface area contributed by atoms with Gasteiger partial charge in [0.25, 0.3) is 10.2 Å². The Balaban J connectivity index is 2.22. The molecule has 6 nitrogen and oxygen atoms in total. The zero-order valence-electron chi connectivity index (χ0n) is 12.4. The molecule has 1 N–H and O–H groups in total. The molecule has 7 heteroatoms. The summed E-state index contributed by atoms with van der Waals surface area (Å²) in [6.45, 7) is 5.13. The van der Waals surface area contributed by atoms with Crippen LogP contribution >= 0.6 is 0 Å². The van der Waals surface area contributed by atoms with Crippen LogP contribution in [0, 0.1) is 0 Å². The maximum Gasteiger partial charge on any atom is 0.282 e. The first kappa shape index (κ1) is 16.2. The predicted octanol–water partition coefficient (Wildman–Crippen LogP) is 0.577. The van der Waals surface area contributed by atoms with Crippen molar-refractivity contribution in [3.05, 3.63) is 0 Å². The third kappa shape index (κ3) is 3.17. The van der Waals surface area contributed by atoms with Crippen molar-refractivity contribution in [3.63, 3.8) is 0 Å².